The van der Waals surface area contributed by atoms with Gasteiger partial charge in [0.15, 0.2) is 12.4 Å². The van der Waals surface area contributed by atoms with Crippen molar-refractivity contribution in [3.63, 3.8) is 0 Å². The minimum absolute atomic E-state index is 0.0419. The third-order valence-corrected chi connectivity index (χ3v) is 6.11. The molecule has 0 aliphatic heterocycles. The van der Waals surface area contributed by atoms with E-state index in [4.69, 9.17) is 4.74 Å². The van der Waals surface area contributed by atoms with Crippen LogP contribution in [0.5, 0.6) is 0 Å². The van der Waals surface area contributed by atoms with Crippen LogP contribution in [0.3, 0.4) is 0 Å². The van der Waals surface area contributed by atoms with Crippen molar-refractivity contribution in [3.8, 4) is 0 Å². The molecule has 0 amide bonds. The summed E-state index contributed by atoms with van der Waals surface area (Å²) < 4.78 is 33.6. The molecule has 29 heavy (non-hydrogen) atoms. The maximum atomic E-state index is 13.0. The van der Waals surface area contributed by atoms with Gasteiger partial charge in [-0.05, 0) is 44.0 Å². The quantitative estimate of drug-likeness (QED) is 0.712. The first-order valence-electron chi connectivity index (χ1n) is 9.23. The number of para-hydroxylation sites is 1. The maximum absolute atomic E-state index is 13.0. The first kappa shape index (κ1) is 22.6. The number of ether oxygens (including phenoxy) is 1. The number of anilines is 1. The predicted molar refractivity (Wildman–Crippen MR) is 113 cm³/mol. The molecule has 0 fully saturated rings. The molecule has 0 unspecified atom stereocenters. The molecule has 0 bridgehead atoms. The van der Waals surface area contributed by atoms with Crippen LogP contribution in [0.1, 0.15) is 47.8 Å². The van der Waals surface area contributed by atoms with Gasteiger partial charge in [0, 0.05) is 5.41 Å². The van der Waals surface area contributed by atoms with Gasteiger partial charge < -0.3 is 4.74 Å². The van der Waals surface area contributed by atoms with Gasteiger partial charge in [-0.2, -0.15) is 0 Å². The number of ketones is 1. The Morgan fingerprint density at radius 3 is 2.10 bits per heavy atom. The number of hydrogen-bond donors (Lipinski definition) is 1. The Balaban J connectivity index is 2.32. The van der Waals surface area contributed by atoms with Gasteiger partial charge in [-0.25, -0.2) is 13.2 Å². The number of hydrogen-bond acceptors (Lipinski definition) is 5. The molecule has 1 N–H and O–H groups in total. The van der Waals surface area contributed by atoms with Crippen molar-refractivity contribution in [1.29, 1.82) is 0 Å². The number of Topliss-reactive ketones (excluding diaryl/α,β-unsaturated/α-hetero) is 1. The smallest absolute Gasteiger partial charge is 0.340 e. The summed E-state index contributed by atoms with van der Waals surface area (Å²) in [5.74, 6) is -0.993. The van der Waals surface area contributed by atoms with Gasteiger partial charge in [-0.3, -0.25) is 9.52 Å². The molecular weight excluding hydrogens is 390 g/mol. The van der Waals surface area contributed by atoms with E-state index in [1.54, 1.807) is 58.9 Å². The van der Waals surface area contributed by atoms with E-state index in [1.807, 2.05) is 6.92 Å². The van der Waals surface area contributed by atoms with Crippen LogP contribution in [-0.4, -0.2) is 26.8 Å². The van der Waals surface area contributed by atoms with Crippen LogP contribution in [0.15, 0.2) is 41.3 Å². The highest BCUT2D eigenvalue weighted by Gasteiger charge is 2.25. The number of sulfonamides is 1. The molecule has 0 saturated carbocycles. The summed E-state index contributed by atoms with van der Waals surface area (Å²) in [5.41, 5.74) is 1.70. The van der Waals surface area contributed by atoms with E-state index < -0.39 is 21.4 Å². The van der Waals surface area contributed by atoms with Crippen LogP contribution in [0.2, 0.25) is 0 Å². The Bertz CT molecular complexity index is 1030. The minimum atomic E-state index is -3.93. The molecule has 0 atom stereocenters. The number of aryl methyl sites for hydroxylation is 3. The Kier molecular flexibility index (Phi) is 6.53. The highest BCUT2D eigenvalue weighted by Crippen LogP contribution is 2.26. The molecular formula is C22H27NO5S. The van der Waals surface area contributed by atoms with Gasteiger partial charge in [0.1, 0.15) is 0 Å². The minimum Gasteiger partial charge on any atom is -0.454 e. The second-order valence-corrected chi connectivity index (χ2v) is 9.75. The lowest BCUT2D eigenvalue weighted by Gasteiger charge is -2.17. The lowest BCUT2D eigenvalue weighted by Crippen LogP contribution is -2.26. The molecule has 2 rings (SSSR count). The molecule has 156 valence electrons. The first-order chi connectivity index (χ1) is 13.3. The van der Waals surface area contributed by atoms with Gasteiger partial charge in [-0.1, -0.05) is 50.6 Å². The largest absolute Gasteiger partial charge is 0.454 e. The SMILES string of the molecule is Cc1cc(C)c(S(=O)(=O)Nc2ccccc2C(=O)OCC(=O)C(C)(C)C)c(C)c1. The lowest BCUT2D eigenvalue weighted by molar-refractivity contribution is -0.129. The Labute approximate surface area is 172 Å². The summed E-state index contributed by atoms with van der Waals surface area (Å²) in [6, 6.07) is 9.74. The fourth-order valence-corrected chi connectivity index (χ4v) is 4.50. The number of carbonyl (C=O) groups is 2. The van der Waals surface area contributed by atoms with Crippen molar-refractivity contribution >= 4 is 27.5 Å². The van der Waals surface area contributed by atoms with Crippen LogP contribution in [-0.2, 0) is 19.6 Å². The number of esters is 1. The molecule has 0 aliphatic rings. The van der Waals surface area contributed by atoms with E-state index in [1.165, 1.54) is 12.1 Å². The van der Waals surface area contributed by atoms with Crippen LogP contribution < -0.4 is 4.72 Å². The van der Waals surface area contributed by atoms with Gasteiger partial charge >= 0.3 is 5.97 Å². The van der Waals surface area contributed by atoms with Crippen molar-refractivity contribution in [2.75, 3.05) is 11.3 Å². The average molecular weight is 418 g/mol. The fourth-order valence-electron chi connectivity index (χ4n) is 2.96. The van der Waals surface area contributed by atoms with Gasteiger partial charge in [-0.15, -0.1) is 0 Å². The van der Waals surface area contributed by atoms with Gasteiger partial charge in [0.25, 0.3) is 10.0 Å². The van der Waals surface area contributed by atoms with E-state index >= 15 is 0 Å². The summed E-state index contributed by atoms with van der Waals surface area (Å²) in [7, 11) is -3.93. The third-order valence-electron chi connectivity index (χ3n) is 4.44. The lowest BCUT2D eigenvalue weighted by atomic mass is 9.91. The Hall–Kier alpha value is -2.67. The summed E-state index contributed by atoms with van der Waals surface area (Å²) in [4.78, 5) is 24.7. The fraction of sp³-hybridized carbons (Fsp3) is 0.364. The molecule has 0 spiro atoms. The molecule has 2 aromatic carbocycles. The van der Waals surface area contributed by atoms with E-state index in [0.29, 0.717) is 11.1 Å². The number of benzene rings is 2. The predicted octanol–water partition coefficient (Wildman–Crippen LogP) is 4.18. The molecule has 6 nitrogen and oxygen atoms in total. The van der Waals surface area contributed by atoms with E-state index in [2.05, 4.69) is 4.72 Å². The van der Waals surface area contributed by atoms with Gasteiger partial charge in [0.2, 0.25) is 0 Å². The number of nitrogens with one attached hydrogen (secondary N) is 1. The number of rotatable bonds is 6. The van der Waals surface area contributed by atoms with E-state index in [0.717, 1.165) is 5.56 Å². The summed E-state index contributed by atoms with van der Waals surface area (Å²) in [6.07, 6.45) is 0. The van der Waals surface area contributed by atoms with Crippen LogP contribution >= 0.6 is 0 Å². The monoisotopic (exact) mass is 417 g/mol. The third kappa shape index (κ3) is 5.44. The molecule has 0 heterocycles. The second-order valence-electron chi connectivity index (χ2n) is 8.13. The summed E-state index contributed by atoms with van der Waals surface area (Å²) in [5, 5.41) is 0. The van der Waals surface area contributed by atoms with E-state index in [9.17, 15) is 18.0 Å². The summed E-state index contributed by atoms with van der Waals surface area (Å²) in [6.45, 7) is 10.2. The van der Waals surface area contributed by atoms with Crippen molar-refractivity contribution in [1.82, 2.24) is 0 Å². The zero-order valence-corrected chi connectivity index (χ0v) is 18.4. The molecule has 7 heteroatoms. The van der Waals surface area contributed by atoms with Crippen molar-refractivity contribution in [2.24, 2.45) is 5.41 Å². The Morgan fingerprint density at radius 2 is 1.55 bits per heavy atom. The molecule has 0 radical (unpaired) electrons. The van der Waals surface area contributed by atoms with E-state index in [-0.39, 0.29) is 28.5 Å². The zero-order valence-electron chi connectivity index (χ0n) is 17.6. The average Bonchev–Trinajstić information content (AvgIpc) is 2.57. The number of carbonyl (C=O) groups excluding carboxylic acids is 2. The summed E-state index contributed by atoms with van der Waals surface area (Å²) >= 11 is 0. The Morgan fingerprint density at radius 1 is 1.00 bits per heavy atom. The second kappa shape index (κ2) is 8.37. The van der Waals surface area contributed by atoms with Crippen LogP contribution in [0.4, 0.5) is 5.69 Å². The maximum Gasteiger partial charge on any atom is 0.340 e. The van der Waals surface area contributed by atoms with Crippen molar-refractivity contribution in [2.45, 2.75) is 46.4 Å². The van der Waals surface area contributed by atoms with Crippen LogP contribution in [0.25, 0.3) is 0 Å². The normalized spacial score (nSPS) is 11.8. The first-order valence-corrected chi connectivity index (χ1v) is 10.7. The molecule has 0 aliphatic carbocycles. The van der Waals surface area contributed by atoms with Crippen molar-refractivity contribution in [3.05, 3.63) is 58.7 Å². The molecule has 2 aromatic rings. The van der Waals surface area contributed by atoms with Gasteiger partial charge in [0.05, 0.1) is 16.1 Å². The molecule has 0 aromatic heterocycles. The van der Waals surface area contributed by atoms with Crippen molar-refractivity contribution < 1.29 is 22.7 Å². The topological polar surface area (TPSA) is 89.5 Å². The van der Waals surface area contributed by atoms with Crippen LogP contribution in [0, 0.1) is 26.2 Å². The highest BCUT2D eigenvalue weighted by atomic mass is 32.2. The molecule has 0 saturated heterocycles. The standard InChI is InChI=1S/C22H27NO5S/c1-14-11-15(2)20(16(3)12-14)29(26,27)23-18-10-8-7-9-17(18)21(25)28-13-19(24)22(4,5)6/h7-12,23H,13H2,1-6H3. The highest BCUT2D eigenvalue weighted by molar-refractivity contribution is 7.92. The zero-order chi connectivity index (χ0) is 22.0.